The Labute approximate surface area is 132 Å². The van der Waals surface area contributed by atoms with Crippen LogP contribution in [0.2, 0.25) is 0 Å². The number of rotatable bonds is 6. The molecular formula is C16H16N2O3S. The van der Waals surface area contributed by atoms with Crippen LogP contribution in [0.25, 0.3) is 10.6 Å². The van der Waals surface area contributed by atoms with Crippen molar-refractivity contribution in [3.63, 3.8) is 0 Å². The molecule has 2 N–H and O–H groups in total. The van der Waals surface area contributed by atoms with Crippen molar-refractivity contribution in [1.82, 2.24) is 10.3 Å². The minimum Gasteiger partial charge on any atom is -0.480 e. The molecule has 2 aromatic rings. The fourth-order valence-corrected chi connectivity index (χ4v) is 3.13. The van der Waals surface area contributed by atoms with Crippen molar-refractivity contribution >= 4 is 23.2 Å². The largest absolute Gasteiger partial charge is 0.480 e. The molecule has 6 heteroatoms. The Balaban J connectivity index is 1.62. The highest BCUT2D eigenvalue weighted by molar-refractivity contribution is 7.13. The van der Waals surface area contributed by atoms with Crippen LogP contribution in [0.4, 0.5) is 0 Å². The van der Waals surface area contributed by atoms with Gasteiger partial charge in [-0.1, -0.05) is 30.3 Å². The number of aliphatic carboxylic acids is 1. The quantitative estimate of drug-likeness (QED) is 0.857. The molecule has 22 heavy (non-hydrogen) atoms. The van der Waals surface area contributed by atoms with Gasteiger partial charge in [-0.25, -0.2) is 9.78 Å². The molecule has 1 aliphatic carbocycles. The number of nitrogens with one attached hydrogen (secondary N) is 1. The van der Waals surface area contributed by atoms with E-state index in [2.05, 4.69) is 10.3 Å². The molecule has 0 saturated heterocycles. The number of benzene rings is 1. The maximum Gasteiger partial charge on any atom is 0.326 e. The number of carbonyl (C=O) groups is 2. The number of thiazole rings is 1. The number of hydrogen-bond acceptors (Lipinski definition) is 4. The van der Waals surface area contributed by atoms with Crippen molar-refractivity contribution in [2.45, 2.75) is 25.3 Å². The Morgan fingerprint density at radius 3 is 2.68 bits per heavy atom. The van der Waals surface area contributed by atoms with E-state index in [9.17, 15) is 9.59 Å². The van der Waals surface area contributed by atoms with Gasteiger partial charge in [-0.2, -0.15) is 0 Å². The number of carboxylic acid groups (broad SMARTS) is 1. The molecule has 1 aromatic heterocycles. The lowest BCUT2D eigenvalue weighted by molar-refractivity contribution is -0.142. The molecule has 0 aliphatic heterocycles. The smallest absolute Gasteiger partial charge is 0.326 e. The molecule has 1 heterocycles. The van der Waals surface area contributed by atoms with Gasteiger partial charge >= 0.3 is 5.97 Å². The fourth-order valence-electron chi connectivity index (χ4n) is 2.30. The summed E-state index contributed by atoms with van der Waals surface area (Å²) in [4.78, 5) is 27.6. The second-order valence-electron chi connectivity index (χ2n) is 5.41. The summed E-state index contributed by atoms with van der Waals surface area (Å²) in [6.07, 6.45) is 1.85. The van der Waals surface area contributed by atoms with E-state index >= 15 is 0 Å². The Morgan fingerprint density at radius 1 is 1.32 bits per heavy atom. The zero-order valence-corrected chi connectivity index (χ0v) is 12.7. The highest BCUT2D eigenvalue weighted by atomic mass is 32.1. The molecular weight excluding hydrogens is 300 g/mol. The van der Waals surface area contributed by atoms with Crippen molar-refractivity contribution in [2.24, 2.45) is 5.92 Å². The number of aromatic nitrogens is 1. The fraction of sp³-hybridized carbons (Fsp3) is 0.312. The third-order valence-corrected chi connectivity index (χ3v) is 4.53. The van der Waals surface area contributed by atoms with E-state index in [1.54, 1.807) is 0 Å². The van der Waals surface area contributed by atoms with E-state index in [0.29, 0.717) is 5.69 Å². The predicted molar refractivity (Wildman–Crippen MR) is 83.5 cm³/mol. The van der Waals surface area contributed by atoms with Crippen LogP contribution in [0.5, 0.6) is 0 Å². The van der Waals surface area contributed by atoms with Crippen molar-refractivity contribution in [3.8, 4) is 10.6 Å². The van der Waals surface area contributed by atoms with Crippen LogP contribution >= 0.6 is 11.3 Å². The van der Waals surface area contributed by atoms with Crippen LogP contribution in [0.3, 0.4) is 0 Å². The van der Waals surface area contributed by atoms with E-state index in [1.807, 2.05) is 35.7 Å². The third-order valence-electron chi connectivity index (χ3n) is 3.59. The zero-order chi connectivity index (χ0) is 15.5. The number of nitrogens with zero attached hydrogens (tertiary/aromatic N) is 1. The summed E-state index contributed by atoms with van der Waals surface area (Å²) < 4.78 is 0. The van der Waals surface area contributed by atoms with E-state index in [0.717, 1.165) is 23.4 Å². The molecule has 0 radical (unpaired) electrons. The molecule has 1 unspecified atom stereocenters. The zero-order valence-electron chi connectivity index (χ0n) is 11.9. The number of carboxylic acids is 1. The average molecular weight is 316 g/mol. The van der Waals surface area contributed by atoms with Crippen LogP contribution in [-0.2, 0) is 16.0 Å². The van der Waals surface area contributed by atoms with Gasteiger partial charge in [-0.05, 0) is 18.8 Å². The third kappa shape index (κ3) is 3.51. The molecule has 1 aromatic carbocycles. The summed E-state index contributed by atoms with van der Waals surface area (Å²) in [5, 5.41) is 14.4. The molecule has 1 saturated carbocycles. The molecule has 114 valence electrons. The summed E-state index contributed by atoms with van der Waals surface area (Å²) >= 11 is 1.48. The first kappa shape index (κ1) is 14.7. The lowest BCUT2D eigenvalue weighted by Gasteiger charge is -2.12. The summed E-state index contributed by atoms with van der Waals surface area (Å²) in [7, 11) is 0. The standard InChI is InChI=1S/C16H16N2O3S/c19-13(18-14(16(20)21)10-6-7-10)8-12-9-22-15(17-12)11-4-2-1-3-5-11/h1-5,9-10,14H,6-8H2,(H,18,19)(H,20,21). The van der Waals surface area contributed by atoms with Crippen molar-refractivity contribution in [1.29, 1.82) is 0 Å². The second-order valence-corrected chi connectivity index (χ2v) is 6.27. The lowest BCUT2D eigenvalue weighted by Crippen LogP contribution is -2.43. The molecule has 1 aliphatic rings. The van der Waals surface area contributed by atoms with E-state index in [1.165, 1.54) is 11.3 Å². The van der Waals surface area contributed by atoms with E-state index < -0.39 is 12.0 Å². The minimum absolute atomic E-state index is 0.0803. The number of carbonyl (C=O) groups excluding carboxylic acids is 1. The van der Waals surface area contributed by atoms with E-state index in [4.69, 9.17) is 5.11 Å². The Kier molecular flexibility index (Phi) is 4.20. The number of hydrogen-bond donors (Lipinski definition) is 2. The van der Waals surface area contributed by atoms with Gasteiger partial charge in [0.15, 0.2) is 0 Å². The molecule has 3 rings (SSSR count). The van der Waals surface area contributed by atoms with Crippen LogP contribution < -0.4 is 5.32 Å². The van der Waals surface area contributed by atoms with Crippen LogP contribution in [0.15, 0.2) is 35.7 Å². The lowest BCUT2D eigenvalue weighted by atomic mass is 10.2. The molecule has 1 atom stereocenters. The van der Waals surface area contributed by atoms with Gasteiger partial charge in [0.25, 0.3) is 0 Å². The first-order chi connectivity index (χ1) is 10.6. The second kappa shape index (κ2) is 6.27. The van der Waals surface area contributed by atoms with Crippen LogP contribution in [0, 0.1) is 5.92 Å². The van der Waals surface area contributed by atoms with Gasteiger partial charge < -0.3 is 10.4 Å². The first-order valence-electron chi connectivity index (χ1n) is 7.15. The average Bonchev–Trinajstić information content (AvgIpc) is 3.24. The summed E-state index contributed by atoms with van der Waals surface area (Å²) in [5.41, 5.74) is 1.68. The van der Waals surface area contributed by atoms with Crippen LogP contribution in [-0.4, -0.2) is 28.0 Å². The molecule has 1 fully saturated rings. The maximum absolute atomic E-state index is 12.0. The normalized spacial score (nSPS) is 15.3. The highest BCUT2D eigenvalue weighted by Crippen LogP contribution is 2.32. The van der Waals surface area contributed by atoms with Crippen molar-refractivity contribution in [2.75, 3.05) is 0 Å². The van der Waals surface area contributed by atoms with Crippen molar-refractivity contribution < 1.29 is 14.7 Å². The number of amides is 1. The maximum atomic E-state index is 12.0. The Hall–Kier alpha value is -2.21. The first-order valence-corrected chi connectivity index (χ1v) is 8.03. The Morgan fingerprint density at radius 2 is 2.05 bits per heavy atom. The highest BCUT2D eigenvalue weighted by Gasteiger charge is 2.37. The monoisotopic (exact) mass is 316 g/mol. The van der Waals surface area contributed by atoms with Gasteiger partial charge in [-0.3, -0.25) is 4.79 Å². The topological polar surface area (TPSA) is 79.3 Å². The van der Waals surface area contributed by atoms with Crippen LogP contribution in [0.1, 0.15) is 18.5 Å². The summed E-state index contributed by atoms with van der Waals surface area (Å²) in [5.74, 6) is -1.17. The minimum atomic E-state index is -0.959. The Bertz CT molecular complexity index is 680. The SMILES string of the molecule is O=C(Cc1csc(-c2ccccc2)n1)NC(C(=O)O)C1CC1. The van der Waals surface area contributed by atoms with Gasteiger partial charge in [0.2, 0.25) is 5.91 Å². The van der Waals surface area contributed by atoms with Gasteiger partial charge in [0, 0.05) is 10.9 Å². The van der Waals surface area contributed by atoms with Gasteiger partial charge in [-0.15, -0.1) is 11.3 Å². The molecule has 5 nitrogen and oxygen atoms in total. The molecule has 0 spiro atoms. The summed E-state index contributed by atoms with van der Waals surface area (Å²) in [6, 6.07) is 8.99. The molecule has 0 bridgehead atoms. The van der Waals surface area contributed by atoms with Crippen molar-refractivity contribution in [3.05, 3.63) is 41.4 Å². The van der Waals surface area contributed by atoms with Gasteiger partial charge in [0.05, 0.1) is 12.1 Å². The predicted octanol–water partition coefficient (Wildman–Crippen LogP) is 2.33. The summed E-state index contributed by atoms with van der Waals surface area (Å²) in [6.45, 7) is 0. The van der Waals surface area contributed by atoms with E-state index in [-0.39, 0.29) is 18.2 Å². The van der Waals surface area contributed by atoms with Gasteiger partial charge in [0.1, 0.15) is 11.0 Å². The molecule has 1 amide bonds.